The van der Waals surface area contributed by atoms with Gasteiger partial charge in [0.15, 0.2) is 5.82 Å². The molecular formula is C20H19N5OS. The van der Waals surface area contributed by atoms with Crippen LogP contribution < -0.4 is 10.2 Å². The second kappa shape index (κ2) is 6.66. The zero-order valence-corrected chi connectivity index (χ0v) is 15.8. The molecule has 3 heterocycles. The fraction of sp³-hybridized carbons (Fsp3) is 0.250. The second-order valence-corrected chi connectivity index (χ2v) is 7.72. The Morgan fingerprint density at radius 1 is 1.26 bits per heavy atom. The molecule has 0 bridgehead atoms. The molecule has 4 aromatic rings. The molecule has 0 radical (unpaired) electrons. The van der Waals surface area contributed by atoms with Crippen LogP contribution in [0.5, 0.6) is 5.75 Å². The highest BCUT2D eigenvalue weighted by Gasteiger charge is 2.19. The van der Waals surface area contributed by atoms with Crippen LogP contribution in [-0.2, 0) is 12.8 Å². The molecule has 6 nitrogen and oxygen atoms in total. The first kappa shape index (κ1) is 16.3. The molecule has 0 amide bonds. The van der Waals surface area contributed by atoms with Crippen molar-refractivity contribution in [2.45, 2.75) is 25.7 Å². The van der Waals surface area contributed by atoms with E-state index in [-0.39, 0.29) is 0 Å². The molecule has 2 N–H and O–H groups in total. The third-order valence-electron chi connectivity index (χ3n) is 5.05. The SMILES string of the molecule is COc1ccc2[nH]cc(/C=N/Nc3ncnc4sc5c(c34)CCCC5)c2c1. The number of thiophene rings is 1. The van der Waals surface area contributed by atoms with Crippen LogP contribution in [0.15, 0.2) is 35.8 Å². The van der Waals surface area contributed by atoms with E-state index in [4.69, 9.17) is 4.74 Å². The first-order valence-electron chi connectivity index (χ1n) is 9.03. The fourth-order valence-electron chi connectivity index (χ4n) is 3.69. The zero-order chi connectivity index (χ0) is 18.2. The van der Waals surface area contributed by atoms with Gasteiger partial charge in [0, 0.05) is 27.5 Å². The zero-order valence-electron chi connectivity index (χ0n) is 15.0. The Morgan fingerprint density at radius 2 is 2.19 bits per heavy atom. The van der Waals surface area contributed by atoms with E-state index in [0.717, 1.165) is 51.1 Å². The smallest absolute Gasteiger partial charge is 0.158 e. The number of anilines is 1. The van der Waals surface area contributed by atoms with Gasteiger partial charge in [-0.3, -0.25) is 5.43 Å². The van der Waals surface area contributed by atoms with E-state index in [9.17, 15) is 0 Å². The summed E-state index contributed by atoms with van der Waals surface area (Å²) in [4.78, 5) is 14.7. The highest BCUT2D eigenvalue weighted by Crippen LogP contribution is 2.38. The van der Waals surface area contributed by atoms with E-state index in [1.807, 2.05) is 30.6 Å². The summed E-state index contributed by atoms with van der Waals surface area (Å²) in [6, 6.07) is 5.95. The van der Waals surface area contributed by atoms with E-state index >= 15 is 0 Å². The molecule has 0 fully saturated rings. The quantitative estimate of drug-likeness (QED) is 0.405. The molecule has 7 heteroatoms. The molecule has 136 valence electrons. The van der Waals surface area contributed by atoms with E-state index in [1.165, 1.54) is 23.3 Å². The van der Waals surface area contributed by atoms with Crippen LogP contribution in [0.1, 0.15) is 28.8 Å². The van der Waals surface area contributed by atoms with Crippen molar-refractivity contribution in [1.29, 1.82) is 0 Å². The van der Waals surface area contributed by atoms with E-state index in [1.54, 1.807) is 24.8 Å². The monoisotopic (exact) mass is 377 g/mol. The fourth-order valence-corrected chi connectivity index (χ4v) is 4.92. The van der Waals surface area contributed by atoms with Crippen LogP contribution >= 0.6 is 11.3 Å². The standard InChI is InChI=1S/C20H19N5OS/c1-26-13-6-7-16-15(8-13)12(9-21-16)10-24-25-19-18-14-4-2-3-5-17(14)27-20(18)23-11-22-19/h6-11,21H,2-5H2,1H3,(H,22,23,25)/b24-10+. The molecule has 1 aliphatic rings. The lowest BCUT2D eigenvalue weighted by Crippen LogP contribution is -2.00. The van der Waals surface area contributed by atoms with Gasteiger partial charge >= 0.3 is 0 Å². The lowest BCUT2D eigenvalue weighted by atomic mass is 9.97. The molecule has 1 aromatic carbocycles. The van der Waals surface area contributed by atoms with Gasteiger partial charge in [0.05, 0.1) is 18.7 Å². The van der Waals surface area contributed by atoms with Crippen molar-refractivity contribution in [3.05, 3.63) is 46.7 Å². The van der Waals surface area contributed by atoms with E-state index in [0.29, 0.717) is 0 Å². The summed E-state index contributed by atoms with van der Waals surface area (Å²) < 4.78 is 5.32. The van der Waals surface area contributed by atoms with Crippen molar-refractivity contribution >= 4 is 44.5 Å². The Bertz CT molecular complexity index is 1160. The first-order valence-corrected chi connectivity index (χ1v) is 9.84. The molecule has 27 heavy (non-hydrogen) atoms. The van der Waals surface area contributed by atoms with Crippen LogP contribution in [0, 0.1) is 0 Å². The first-order chi connectivity index (χ1) is 13.3. The summed E-state index contributed by atoms with van der Waals surface area (Å²) >= 11 is 1.79. The second-order valence-electron chi connectivity index (χ2n) is 6.64. The summed E-state index contributed by atoms with van der Waals surface area (Å²) in [6.07, 6.45) is 10.1. The van der Waals surface area contributed by atoms with Crippen LogP contribution in [0.4, 0.5) is 5.82 Å². The number of nitrogens with zero attached hydrogens (tertiary/aromatic N) is 3. The number of hydrazone groups is 1. The Labute approximate surface area is 160 Å². The number of benzene rings is 1. The Hall–Kier alpha value is -2.93. The lowest BCUT2D eigenvalue weighted by Gasteiger charge is -2.11. The van der Waals surface area contributed by atoms with Gasteiger partial charge < -0.3 is 9.72 Å². The maximum atomic E-state index is 5.32. The molecule has 0 atom stereocenters. The highest BCUT2D eigenvalue weighted by molar-refractivity contribution is 7.19. The Balaban J connectivity index is 1.47. The largest absolute Gasteiger partial charge is 0.497 e. The number of nitrogens with one attached hydrogen (secondary N) is 2. The van der Waals surface area contributed by atoms with E-state index in [2.05, 4.69) is 25.5 Å². The maximum Gasteiger partial charge on any atom is 0.158 e. The third-order valence-corrected chi connectivity index (χ3v) is 6.25. The molecule has 3 aromatic heterocycles. The predicted octanol–water partition coefficient (Wildman–Crippen LogP) is 4.51. The van der Waals surface area contributed by atoms with Crippen LogP contribution in [-0.4, -0.2) is 28.3 Å². The van der Waals surface area contributed by atoms with Gasteiger partial charge in [-0.05, 0) is 49.4 Å². The van der Waals surface area contributed by atoms with Gasteiger partial charge in [0.2, 0.25) is 0 Å². The number of methoxy groups -OCH3 is 1. The summed E-state index contributed by atoms with van der Waals surface area (Å²) in [6.45, 7) is 0. The van der Waals surface area contributed by atoms with Crippen LogP contribution in [0.3, 0.4) is 0 Å². The average molecular weight is 377 g/mol. The third kappa shape index (κ3) is 2.84. The Morgan fingerprint density at radius 3 is 3.11 bits per heavy atom. The molecular weight excluding hydrogens is 358 g/mol. The van der Waals surface area contributed by atoms with Gasteiger partial charge in [-0.1, -0.05) is 0 Å². The van der Waals surface area contributed by atoms with Crippen LogP contribution in [0.25, 0.3) is 21.1 Å². The number of rotatable bonds is 4. The number of aromatic amines is 1. The van der Waals surface area contributed by atoms with Crippen molar-refractivity contribution in [3.8, 4) is 5.75 Å². The number of hydrogen-bond donors (Lipinski definition) is 2. The topological polar surface area (TPSA) is 75.2 Å². The Kier molecular flexibility index (Phi) is 4.01. The molecule has 0 unspecified atom stereocenters. The molecule has 0 spiro atoms. The number of aromatic nitrogens is 3. The maximum absolute atomic E-state index is 5.32. The van der Waals surface area contributed by atoms with Gasteiger partial charge in [-0.25, -0.2) is 9.97 Å². The van der Waals surface area contributed by atoms with Gasteiger partial charge in [-0.2, -0.15) is 5.10 Å². The molecule has 1 aliphatic carbocycles. The predicted molar refractivity (Wildman–Crippen MR) is 110 cm³/mol. The molecule has 0 saturated carbocycles. The van der Waals surface area contributed by atoms with Crippen molar-refractivity contribution in [1.82, 2.24) is 15.0 Å². The summed E-state index contributed by atoms with van der Waals surface area (Å²) in [5.41, 5.74) is 6.58. The summed E-state index contributed by atoms with van der Waals surface area (Å²) in [7, 11) is 1.67. The lowest BCUT2D eigenvalue weighted by molar-refractivity contribution is 0.415. The van der Waals surface area contributed by atoms with Crippen molar-refractivity contribution in [2.75, 3.05) is 12.5 Å². The number of ether oxygens (including phenoxy) is 1. The summed E-state index contributed by atoms with van der Waals surface area (Å²) in [5.74, 6) is 1.61. The summed E-state index contributed by atoms with van der Waals surface area (Å²) in [5, 5.41) is 6.65. The van der Waals surface area contributed by atoms with E-state index < -0.39 is 0 Å². The minimum absolute atomic E-state index is 0.785. The van der Waals surface area contributed by atoms with Gasteiger partial charge in [0.25, 0.3) is 0 Å². The van der Waals surface area contributed by atoms with Gasteiger partial charge in [0.1, 0.15) is 16.9 Å². The molecule has 0 aliphatic heterocycles. The number of fused-ring (bicyclic) bond motifs is 4. The van der Waals surface area contributed by atoms with Gasteiger partial charge in [-0.15, -0.1) is 11.3 Å². The molecule has 0 saturated heterocycles. The number of aryl methyl sites for hydroxylation is 2. The van der Waals surface area contributed by atoms with Crippen molar-refractivity contribution < 1.29 is 4.74 Å². The highest BCUT2D eigenvalue weighted by atomic mass is 32.1. The van der Waals surface area contributed by atoms with Crippen molar-refractivity contribution in [2.24, 2.45) is 5.10 Å². The number of H-pyrrole nitrogens is 1. The minimum Gasteiger partial charge on any atom is -0.497 e. The van der Waals surface area contributed by atoms with Crippen LogP contribution in [0.2, 0.25) is 0 Å². The van der Waals surface area contributed by atoms with Crippen molar-refractivity contribution in [3.63, 3.8) is 0 Å². The number of hydrogen-bond acceptors (Lipinski definition) is 6. The minimum atomic E-state index is 0.785. The average Bonchev–Trinajstić information content (AvgIpc) is 3.29. The normalized spacial score (nSPS) is 14.1. The molecule has 5 rings (SSSR count).